The molecule has 17 heavy (non-hydrogen) atoms. The fourth-order valence-electron chi connectivity index (χ4n) is 1.49. The van der Waals surface area contributed by atoms with Crippen LogP contribution in [0.5, 0.6) is 0 Å². The van der Waals surface area contributed by atoms with E-state index in [0.717, 1.165) is 5.69 Å². The van der Waals surface area contributed by atoms with Crippen molar-refractivity contribution in [1.82, 2.24) is 0 Å². The third-order valence-electron chi connectivity index (χ3n) is 2.74. The van der Waals surface area contributed by atoms with E-state index in [0.29, 0.717) is 0 Å². The number of hydrogen-bond acceptors (Lipinski definition) is 4. The van der Waals surface area contributed by atoms with Crippen molar-refractivity contribution in [3.05, 3.63) is 33.9 Å². The van der Waals surface area contributed by atoms with Crippen molar-refractivity contribution in [2.75, 3.05) is 11.9 Å². The highest BCUT2D eigenvalue weighted by atomic mass is 16.6. The molecule has 5 nitrogen and oxygen atoms in total. The molecular formula is C12H16N2O3. The summed E-state index contributed by atoms with van der Waals surface area (Å²) in [5.74, 6) is -0.296. The first kappa shape index (κ1) is 13.2. The van der Waals surface area contributed by atoms with E-state index < -0.39 is 4.92 Å². The summed E-state index contributed by atoms with van der Waals surface area (Å²) in [6.45, 7) is 5.31. The quantitative estimate of drug-likeness (QED) is 0.458. The number of Topliss-reactive ketones (excluding diaryl/α,β-unsaturated/α-hetero) is 1. The van der Waals surface area contributed by atoms with Gasteiger partial charge in [-0.2, -0.15) is 0 Å². The van der Waals surface area contributed by atoms with E-state index in [2.05, 4.69) is 0 Å². The highest BCUT2D eigenvalue weighted by Crippen LogP contribution is 2.26. The van der Waals surface area contributed by atoms with Gasteiger partial charge < -0.3 is 4.90 Å². The van der Waals surface area contributed by atoms with Crippen LogP contribution in [0.1, 0.15) is 31.1 Å². The summed E-state index contributed by atoms with van der Waals surface area (Å²) in [6, 6.07) is 4.91. The second kappa shape index (κ2) is 4.95. The van der Waals surface area contributed by atoms with Crippen LogP contribution in [0.2, 0.25) is 0 Å². The number of nitro groups is 1. The predicted octanol–water partition coefficient (Wildman–Crippen LogP) is 2.64. The molecule has 0 saturated carbocycles. The lowest BCUT2D eigenvalue weighted by molar-refractivity contribution is -0.385. The molecule has 0 atom stereocenters. The van der Waals surface area contributed by atoms with Crippen molar-refractivity contribution in [2.24, 2.45) is 0 Å². The molecule has 0 N–H and O–H groups in total. The second-order valence-corrected chi connectivity index (χ2v) is 4.22. The number of anilines is 1. The third-order valence-corrected chi connectivity index (χ3v) is 2.74. The summed E-state index contributed by atoms with van der Waals surface area (Å²) >= 11 is 0. The number of carbonyl (C=O) groups is 1. The predicted molar refractivity (Wildman–Crippen MR) is 66.6 cm³/mol. The van der Waals surface area contributed by atoms with Crippen LogP contribution in [0, 0.1) is 10.1 Å². The molecule has 0 saturated heterocycles. The van der Waals surface area contributed by atoms with Crippen LogP contribution in [0.25, 0.3) is 0 Å². The Morgan fingerprint density at radius 3 is 2.41 bits per heavy atom. The lowest BCUT2D eigenvalue weighted by Gasteiger charge is -2.23. The Morgan fingerprint density at radius 1 is 1.41 bits per heavy atom. The van der Waals surface area contributed by atoms with Gasteiger partial charge in [-0.3, -0.25) is 14.9 Å². The molecule has 0 bridgehead atoms. The topological polar surface area (TPSA) is 63.5 Å². The van der Waals surface area contributed by atoms with Crippen molar-refractivity contribution in [1.29, 1.82) is 0 Å². The largest absolute Gasteiger partial charge is 0.372 e. The third kappa shape index (κ3) is 2.81. The average Bonchev–Trinajstić information content (AvgIpc) is 2.26. The van der Waals surface area contributed by atoms with Gasteiger partial charge in [0.05, 0.1) is 10.5 Å². The van der Waals surface area contributed by atoms with Gasteiger partial charge in [0.15, 0.2) is 5.78 Å². The van der Waals surface area contributed by atoms with Gasteiger partial charge in [0.2, 0.25) is 0 Å². The Kier molecular flexibility index (Phi) is 3.83. The van der Waals surface area contributed by atoms with Gasteiger partial charge in [0.25, 0.3) is 5.69 Å². The van der Waals surface area contributed by atoms with Crippen LogP contribution >= 0.6 is 0 Å². The maximum atomic E-state index is 11.3. The number of rotatable bonds is 4. The molecule has 0 aliphatic heterocycles. The van der Waals surface area contributed by atoms with Crippen LogP contribution in [0.3, 0.4) is 0 Å². The Hall–Kier alpha value is -1.91. The normalized spacial score (nSPS) is 10.4. The fraction of sp³-hybridized carbons (Fsp3) is 0.417. The molecule has 0 aliphatic rings. The van der Waals surface area contributed by atoms with Crippen LogP contribution in [-0.2, 0) is 0 Å². The van der Waals surface area contributed by atoms with E-state index in [1.807, 2.05) is 25.8 Å². The van der Waals surface area contributed by atoms with Gasteiger partial charge >= 0.3 is 0 Å². The van der Waals surface area contributed by atoms with Gasteiger partial charge in [0.1, 0.15) is 0 Å². The van der Waals surface area contributed by atoms with Crippen molar-refractivity contribution in [2.45, 2.75) is 26.8 Å². The molecule has 0 fully saturated rings. The SMILES string of the molecule is CC(=O)c1ccc(N(C)C(C)C)cc1[N+](=O)[O-]. The van der Waals surface area contributed by atoms with Gasteiger partial charge in [-0.15, -0.1) is 0 Å². The standard InChI is InChI=1S/C12H16N2O3/c1-8(2)13(4)10-5-6-11(9(3)15)12(7-10)14(16)17/h5-8H,1-4H3. The summed E-state index contributed by atoms with van der Waals surface area (Å²) in [5.41, 5.74) is 0.745. The van der Waals surface area contributed by atoms with E-state index in [9.17, 15) is 14.9 Å². The molecule has 1 rings (SSSR count). The minimum absolute atomic E-state index is 0.137. The molecule has 1 aromatic rings. The minimum atomic E-state index is -0.519. The van der Waals surface area contributed by atoms with E-state index >= 15 is 0 Å². The molecule has 92 valence electrons. The maximum Gasteiger partial charge on any atom is 0.282 e. The molecule has 1 aromatic carbocycles. The molecule has 0 amide bonds. The number of carbonyl (C=O) groups excluding carboxylic acids is 1. The van der Waals surface area contributed by atoms with Crippen molar-refractivity contribution in [3.63, 3.8) is 0 Å². The lowest BCUT2D eigenvalue weighted by atomic mass is 10.1. The Morgan fingerprint density at radius 2 is 2.00 bits per heavy atom. The van der Waals surface area contributed by atoms with E-state index in [1.165, 1.54) is 19.1 Å². The van der Waals surface area contributed by atoms with Crippen LogP contribution < -0.4 is 4.90 Å². The molecule has 0 spiro atoms. The minimum Gasteiger partial charge on any atom is -0.372 e. The zero-order valence-electron chi connectivity index (χ0n) is 10.4. The molecule has 0 aromatic heterocycles. The van der Waals surface area contributed by atoms with Gasteiger partial charge in [-0.05, 0) is 32.9 Å². The van der Waals surface area contributed by atoms with E-state index in [4.69, 9.17) is 0 Å². The van der Waals surface area contributed by atoms with Crippen molar-refractivity contribution < 1.29 is 9.72 Å². The Labute approximate surface area is 100 Å². The summed E-state index contributed by atoms with van der Waals surface area (Å²) in [5, 5.41) is 10.9. The lowest BCUT2D eigenvalue weighted by Crippen LogP contribution is -2.25. The average molecular weight is 236 g/mol. The molecule has 5 heteroatoms. The van der Waals surface area contributed by atoms with Crippen LogP contribution in [0.4, 0.5) is 11.4 Å². The summed E-state index contributed by atoms with van der Waals surface area (Å²) in [6.07, 6.45) is 0. The number of hydrogen-bond donors (Lipinski definition) is 0. The van der Waals surface area contributed by atoms with Crippen molar-refractivity contribution >= 4 is 17.2 Å². The smallest absolute Gasteiger partial charge is 0.282 e. The molecule has 0 radical (unpaired) electrons. The van der Waals surface area contributed by atoms with Gasteiger partial charge in [-0.25, -0.2) is 0 Å². The Balaban J connectivity index is 3.28. The second-order valence-electron chi connectivity index (χ2n) is 4.22. The Bertz CT molecular complexity index is 455. The highest BCUT2D eigenvalue weighted by Gasteiger charge is 2.19. The first-order valence-corrected chi connectivity index (χ1v) is 5.36. The summed E-state index contributed by atoms with van der Waals surface area (Å²) < 4.78 is 0. The first-order chi connectivity index (χ1) is 7.84. The van der Waals surface area contributed by atoms with Gasteiger partial charge in [-0.1, -0.05) is 0 Å². The number of ketones is 1. The molecule has 0 unspecified atom stereocenters. The zero-order valence-corrected chi connectivity index (χ0v) is 10.4. The highest BCUT2D eigenvalue weighted by molar-refractivity contribution is 5.98. The molecular weight excluding hydrogens is 220 g/mol. The zero-order chi connectivity index (χ0) is 13.2. The summed E-state index contributed by atoms with van der Waals surface area (Å²) in [7, 11) is 1.86. The van der Waals surface area contributed by atoms with E-state index in [-0.39, 0.29) is 23.1 Å². The van der Waals surface area contributed by atoms with E-state index in [1.54, 1.807) is 6.07 Å². The van der Waals surface area contributed by atoms with Crippen LogP contribution in [0.15, 0.2) is 18.2 Å². The van der Waals surface area contributed by atoms with Crippen LogP contribution in [-0.4, -0.2) is 23.8 Å². The number of nitrogens with zero attached hydrogens (tertiary/aromatic N) is 2. The summed E-state index contributed by atoms with van der Waals surface area (Å²) in [4.78, 5) is 23.6. The fourth-order valence-corrected chi connectivity index (χ4v) is 1.49. The number of benzene rings is 1. The molecule has 0 aliphatic carbocycles. The molecule has 0 heterocycles. The van der Waals surface area contributed by atoms with Crippen molar-refractivity contribution in [3.8, 4) is 0 Å². The first-order valence-electron chi connectivity index (χ1n) is 5.36. The maximum absolute atomic E-state index is 11.3. The van der Waals surface area contributed by atoms with Gasteiger partial charge in [0, 0.05) is 24.8 Å². The monoisotopic (exact) mass is 236 g/mol. The number of nitro benzene ring substituents is 1.